The van der Waals surface area contributed by atoms with Gasteiger partial charge in [-0.2, -0.15) is 0 Å². The Kier molecular flexibility index (Phi) is 5.92. The second-order valence-electron chi connectivity index (χ2n) is 6.62. The normalized spacial score (nSPS) is 13.6. The molecule has 0 N–H and O–H groups in total. The molecule has 0 aliphatic rings. The molecule has 0 aliphatic heterocycles. The monoisotopic (exact) mass is 280 g/mol. The zero-order chi connectivity index (χ0) is 14.6. The van der Waals surface area contributed by atoms with Gasteiger partial charge in [-0.3, -0.25) is 0 Å². The number of alkyl halides is 1. The van der Waals surface area contributed by atoms with Crippen molar-refractivity contribution in [1.29, 1.82) is 0 Å². The summed E-state index contributed by atoms with van der Waals surface area (Å²) in [6.45, 7) is 13.5. The first-order valence-corrected chi connectivity index (χ1v) is 8.04. The molecular formula is C18H29Cl. The van der Waals surface area contributed by atoms with E-state index in [2.05, 4.69) is 53.7 Å². The van der Waals surface area contributed by atoms with Crippen molar-refractivity contribution < 1.29 is 0 Å². The summed E-state index contributed by atoms with van der Waals surface area (Å²) < 4.78 is 0. The molecule has 108 valence electrons. The van der Waals surface area contributed by atoms with E-state index in [0.717, 1.165) is 25.7 Å². The molecule has 0 saturated carbocycles. The lowest BCUT2D eigenvalue weighted by atomic mass is 9.84. The van der Waals surface area contributed by atoms with Gasteiger partial charge >= 0.3 is 0 Å². The molecule has 0 saturated heterocycles. The lowest BCUT2D eigenvalue weighted by Gasteiger charge is -2.26. The molecule has 1 rings (SSSR count). The van der Waals surface area contributed by atoms with E-state index in [1.165, 1.54) is 22.3 Å². The second kappa shape index (κ2) is 6.79. The Labute approximate surface area is 124 Å². The average Bonchev–Trinajstić information content (AvgIpc) is 2.34. The fourth-order valence-corrected chi connectivity index (χ4v) is 3.43. The lowest BCUT2D eigenvalue weighted by molar-refractivity contribution is 0.371. The summed E-state index contributed by atoms with van der Waals surface area (Å²) in [5, 5.41) is 0.135. The van der Waals surface area contributed by atoms with Gasteiger partial charge in [-0.25, -0.2) is 0 Å². The minimum absolute atomic E-state index is 0.135. The molecule has 0 spiro atoms. The van der Waals surface area contributed by atoms with Crippen LogP contribution >= 0.6 is 11.6 Å². The van der Waals surface area contributed by atoms with Gasteiger partial charge in [-0.05, 0) is 53.4 Å². The van der Waals surface area contributed by atoms with Gasteiger partial charge < -0.3 is 0 Å². The van der Waals surface area contributed by atoms with Crippen LogP contribution in [0.5, 0.6) is 0 Å². The first-order chi connectivity index (χ1) is 8.82. The Morgan fingerprint density at radius 1 is 0.947 bits per heavy atom. The van der Waals surface area contributed by atoms with Crippen molar-refractivity contribution in [3.05, 3.63) is 34.4 Å². The number of rotatable bonds is 5. The SMILES string of the molecule is CCc1cc(CC)c(C(Cl)CC(C)(C)C)c(CC)c1. The molecule has 1 atom stereocenters. The lowest BCUT2D eigenvalue weighted by Crippen LogP contribution is -2.12. The van der Waals surface area contributed by atoms with Crippen LogP contribution < -0.4 is 0 Å². The van der Waals surface area contributed by atoms with E-state index >= 15 is 0 Å². The van der Waals surface area contributed by atoms with Gasteiger partial charge in [0.15, 0.2) is 0 Å². The van der Waals surface area contributed by atoms with E-state index in [1.54, 1.807) is 0 Å². The molecule has 0 bridgehead atoms. The van der Waals surface area contributed by atoms with E-state index in [9.17, 15) is 0 Å². The van der Waals surface area contributed by atoms with Crippen LogP contribution in [0, 0.1) is 5.41 Å². The third-order valence-electron chi connectivity index (χ3n) is 3.69. The molecule has 0 fully saturated rings. The third kappa shape index (κ3) is 4.53. The summed E-state index contributed by atoms with van der Waals surface area (Å²) in [5.41, 5.74) is 6.00. The zero-order valence-electron chi connectivity index (χ0n) is 13.4. The molecule has 0 radical (unpaired) electrons. The summed E-state index contributed by atoms with van der Waals surface area (Å²) in [7, 11) is 0. The highest BCUT2D eigenvalue weighted by Gasteiger charge is 2.22. The molecule has 0 nitrogen and oxygen atoms in total. The Bertz CT molecular complexity index is 387. The van der Waals surface area contributed by atoms with Crippen molar-refractivity contribution in [3.63, 3.8) is 0 Å². The smallest absolute Gasteiger partial charge is 0.0595 e. The average molecular weight is 281 g/mol. The Hall–Kier alpha value is -0.490. The standard InChI is InChI=1S/C18H29Cl/c1-7-13-10-14(8-2)17(15(9-3)11-13)16(19)12-18(4,5)6/h10-11,16H,7-9,12H2,1-6H3. The predicted octanol–water partition coefficient (Wildman–Crippen LogP) is 6.09. The van der Waals surface area contributed by atoms with Gasteiger partial charge in [-0.15, -0.1) is 11.6 Å². The second-order valence-corrected chi connectivity index (χ2v) is 7.15. The minimum Gasteiger partial charge on any atom is -0.118 e. The highest BCUT2D eigenvalue weighted by molar-refractivity contribution is 6.21. The van der Waals surface area contributed by atoms with Crippen LogP contribution in [-0.2, 0) is 19.3 Å². The van der Waals surface area contributed by atoms with Crippen LogP contribution in [0.4, 0.5) is 0 Å². The molecule has 1 unspecified atom stereocenters. The van der Waals surface area contributed by atoms with Crippen LogP contribution in [-0.4, -0.2) is 0 Å². The summed E-state index contributed by atoms with van der Waals surface area (Å²) in [6, 6.07) is 4.71. The van der Waals surface area contributed by atoms with E-state index in [4.69, 9.17) is 11.6 Å². The topological polar surface area (TPSA) is 0 Å². The maximum absolute atomic E-state index is 6.75. The van der Waals surface area contributed by atoms with Crippen LogP contribution in [0.25, 0.3) is 0 Å². The van der Waals surface area contributed by atoms with E-state index < -0.39 is 0 Å². The number of hydrogen-bond acceptors (Lipinski definition) is 0. The molecule has 1 aromatic carbocycles. The highest BCUT2D eigenvalue weighted by Crippen LogP contribution is 2.38. The number of halogens is 1. The quantitative estimate of drug-likeness (QED) is 0.573. The van der Waals surface area contributed by atoms with Gasteiger partial charge in [0.25, 0.3) is 0 Å². The summed E-state index contributed by atoms with van der Waals surface area (Å²) in [6.07, 6.45) is 4.28. The molecule has 0 amide bonds. The predicted molar refractivity (Wildman–Crippen MR) is 87.2 cm³/mol. The number of aryl methyl sites for hydroxylation is 3. The summed E-state index contributed by atoms with van der Waals surface area (Å²) >= 11 is 6.75. The fourth-order valence-electron chi connectivity index (χ4n) is 2.68. The number of benzene rings is 1. The Balaban J connectivity index is 3.23. The van der Waals surface area contributed by atoms with Crippen molar-refractivity contribution in [1.82, 2.24) is 0 Å². The fraction of sp³-hybridized carbons (Fsp3) is 0.667. The maximum atomic E-state index is 6.75. The van der Waals surface area contributed by atoms with Crippen molar-refractivity contribution >= 4 is 11.6 Å². The van der Waals surface area contributed by atoms with Crippen LogP contribution in [0.3, 0.4) is 0 Å². The summed E-state index contributed by atoms with van der Waals surface area (Å²) in [4.78, 5) is 0. The number of hydrogen-bond donors (Lipinski definition) is 0. The van der Waals surface area contributed by atoms with E-state index in [-0.39, 0.29) is 10.8 Å². The van der Waals surface area contributed by atoms with Crippen molar-refractivity contribution in [2.75, 3.05) is 0 Å². The first kappa shape index (κ1) is 16.6. The van der Waals surface area contributed by atoms with E-state index in [0.29, 0.717) is 0 Å². The van der Waals surface area contributed by atoms with Crippen LogP contribution in [0.2, 0.25) is 0 Å². The molecule has 19 heavy (non-hydrogen) atoms. The van der Waals surface area contributed by atoms with Crippen molar-refractivity contribution in [3.8, 4) is 0 Å². The van der Waals surface area contributed by atoms with Gasteiger partial charge in [0.2, 0.25) is 0 Å². The summed E-state index contributed by atoms with van der Waals surface area (Å²) in [5.74, 6) is 0. The molecule has 0 heterocycles. The molecule has 1 heteroatoms. The van der Waals surface area contributed by atoms with Gasteiger partial charge in [0.05, 0.1) is 5.38 Å². The zero-order valence-corrected chi connectivity index (χ0v) is 14.2. The van der Waals surface area contributed by atoms with Crippen LogP contribution in [0.15, 0.2) is 12.1 Å². The Morgan fingerprint density at radius 2 is 1.42 bits per heavy atom. The molecule has 1 aromatic rings. The third-order valence-corrected chi connectivity index (χ3v) is 4.06. The highest BCUT2D eigenvalue weighted by atomic mass is 35.5. The van der Waals surface area contributed by atoms with Gasteiger partial charge in [0.1, 0.15) is 0 Å². The van der Waals surface area contributed by atoms with E-state index in [1.807, 2.05) is 0 Å². The molecular weight excluding hydrogens is 252 g/mol. The maximum Gasteiger partial charge on any atom is 0.0595 e. The molecule has 0 aliphatic carbocycles. The van der Waals surface area contributed by atoms with Crippen molar-refractivity contribution in [2.24, 2.45) is 5.41 Å². The minimum atomic E-state index is 0.135. The largest absolute Gasteiger partial charge is 0.118 e. The van der Waals surface area contributed by atoms with Crippen molar-refractivity contribution in [2.45, 2.75) is 72.6 Å². The van der Waals surface area contributed by atoms with Gasteiger partial charge in [0, 0.05) is 0 Å². The molecule has 0 aromatic heterocycles. The Morgan fingerprint density at radius 3 is 1.74 bits per heavy atom. The van der Waals surface area contributed by atoms with Gasteiger partial charge in [-0.1, -0.05) is 53.7 Å². The first-order valence-electron chi connectivity index (χ1n) is 7.61. The van der Waals surface area contributed by atoms with Crippen LogP contribution in [0.1, 0.15) is 75.6 Å².